The monoisotopic (exact) mass is 525 g/mol. The molecule has 32 heavy (non-hydrogen) atoms. The van der Waals surface area contributed by atoms with Crippen LogP contribution < -0.4 is 11.2 Å². The number of nitrogens with one attached hydrogen (secondary N) is 1. The molecule has 1 aromatic heterocycles. The SMILES string of the molecule is C[C@@]1(C#N)[C@H](O)[C@@H](COP(=O)(O)OP(=O)(O)OP(=O)(O)O)O[C@H]1n1cc(F)c(=O)[nH]c1=O. The van der Waals surface area contributed by atoms with E-state index in [1.54, 1.807) is 11.1 Å². The molecule has 21 heteroatoms. The summed E-state index contributed by atoms with van der Waals surface area (Å²) in [6.07, 6.45) is -4.90. The van der Waals surface area contributed by atoms with Gasteiger partial charge in [-0.1, -0.05) is 0 Å². The smallest absolute Gasteiger partial charge is 0.388 e. The number of nitriles is 1. The van der Waals surface area contributed by atoms with Gasteiger partial charge in [0.15, 0.2) is 6.23 Å². The maximum Gasteiger partial charge on any atom is 0.490 e. The van der Waals surface area contributed by atoms with Crippen LogP contribution in [0.3, 0.4) is 0 Å². The molecule has 6 N–H and O–H groups in total. The minimum atomic E-state index is -5.80. The number of H-pyrrole nitrogens is 1. The summed E-state index contributed by atoms with van der Waals surface area (Å²) < 4.78 is 64.4. The van der Waals surface area contributed by atoms with Crippen LogP contribution >= 0.6 is 23.5 Å². The van der Waals surface area contributed by atoms with E-state index in [-0.39, 0.29) is 0 Å². The summed E-state index contributed by atoms with van der Waals surface area (Å²) in [4.78, 5) is 60.3. The predicted octanol–water partition coefficient (Wildman–Crippen LogP) is -1.19. The van der Waals surface area contributed by atoms with Crippen molar-refractivity contribution < 1.29 is 60.6 Å². The second kappa shape index (κ2) is 8.99. The van der Waals surface area contributed by atoms with Crippen LogP contribution in [0.5, 0.6) is 0 Å². The van der Waals surface area contributed by atoms with E-state index < -0.39 is 71.0 Å². The van der Waals surface area contributed by atoms with Crippen molar-refractivity contribution in [2.45, 2.75) is 25.4 Å². The van der Waals surface area contributed by atoms with Crippen molar-refractivity contribution in [2.24, 2.45) is 5.41 Å². The zero-order chi connectivity index (χ0) is 24.7. The number of aromatic nitrogens is 2. The number of aliphatic hydroxyl groups is 1. The van der Waals surface area contributed by atoms with E-state index in [4.69, 9.17) is 19.4 Å². The van der Waals surface area contributed by atoms with E-state index in [1.165, 1.54) is 0 Å². The molecular formula is C11H15FN3O14P3. The molecule has 1 aromatic rings. The number of phosphoric acid groups is 3. The topological polar surface area (TPSA) is 268 Å². The van der Waals surface area contributed by atoms with Gasteiger partial charge < -0.3 is 29.4 Å². The minimum absolute atomic E-state index is 0.402. The number of halogens is 1. The molecule has 0 spiro atoms. The minimum Gasteiger partial charge on any atom is -0.388 e. The number of phosphoric ester groups is 1. The van der Waals surface area contributed by atoms with Gasteiger partial charge >= 0.3 is 29.2 Å². The van der Waals surface area contributed by atoms with Crippen LogP contribution in [0.1, 0.15) is 13.2 Å². The molecule has 1 aliphatic rings. The van der Waals surface area contributed by atoms with E-state index in [0.717, 1.165) is 6.92 Å². The van der Waals surface area contributed by atoms with Crippen LogP contribution in [0.2, 0.25) is 0 Å². The average molecular weight is 525 g/mol. The standard InChI is InChI=1S/C11H15FN3O14P3/c1-11(4-13)7(16)6(27-9(11)15-2-5(12)8(17)14-10(15)18)3-26-31(22,23)29-32(24,25)28-30(19,20)21/h2,6-7,9,16H,3H2,1H3,(H,22,23)(H,24,25)(H,14,17,18)(H2,19,20,21)/t6-,7-,9-,11-/m1/s1. The molecule has 0 saturated carbocycles. The van der Waals surface area contributed by atoms with Gasteiger partial charge in [0.1, 0.15) is 17.6 Å². The Bertz CT molecular complexity index is 1190. The summed E-state index contributed by atoms with van der Waals surface area (Å²) in [5.74, 6) is -1.43. The summed E-state index contributed by atoms with van der Waals surface area (Å²) in [6.45, 7) is -0.0676. The molecular weight excluding hydrogens is 510 g/mol. The molecule has 1 saturated heterocycles. The summed E-state index contributed by atoms with van der Waals surface area (Å²) in [6, 6.07) is 1.63. The number of rotatable bonds is 8. The molecule has 2 heterocycles. The number of nitrogens with zero attached hydrogens (tertiary/aromatic N) is 2. The van der Waals surface area contributed by atoms with Crippen molar-refractivity contribution in [1.29, 1.82) is 5.26 Å². The van der Waals surface area contributed by atoms with E-state index in [9.17, 15) is 42.9 Å². The Hall–Kier alpha value is -1.57. The third-order valence-corrected chi connectivity index (χ3v) is 7.82. The highest BCUT2D eigenvalue weighted by Gasteiger charge is 2.56. The molecule has 2 rings (SSSR count). The Balaban J connectivity index is 2.23. The summed E-state index contributed by atoms with van der Waals surface area (Å²) in [5, 5.41) is 19.8. The molecule has 17 nitrogen and oxygen atoms in total. The summed E-state index contributed by atoms with van der Waals surface area (Å²) in [5.41, 5.74) is -4.59. The van der Waals surface area contributed by atoms with Gasteiger partial charge in [-0.2, -0.15) is 18.3 Å². The number of ether oxygens (including phenoxy) is 1. The second-order valence-electron chi connectivity index (χ2n) is 6.40. The fraction of sp³-hybridized carbons (Fsp3) is 0.545. The van der Waals surface area contributed by atoms with Crippen LogP contribution in [-0.4, -0.2) is 53.0 Å². The lowest BCUT2D eigenvalue weighted by molar-refractivity contribution is -0.0498. The van der Waals surface area contributed by atoms with Crippen molar-refractivity contribution in [3.63, 3.8) is 0 Å². The maximum atomic E-state index is 13.6. The molecule has 1 aliphatic heterocycles. The van der Waals surface area contributed by atoms with Gasteiger partial charge in [-0.15, -0.1) is 0 Å². The predicted molar refractivity (Wildman–Crippen MR) is 94.7 cm³/mol. The lowest BCUT2D eigenvalue weighted by Crippen LogP contribution is -2.41. The van der Waals surface area contributed by atoms with Crippen molar-refractivity contribution in [3.8, 4) is 6.07 Å². The van der Waals surface area contributed by atoms with Crippen molar-refractivity contribution >= 4 is 23.5 Å². The highest BCUT2D eigenvalue weighted by atomic mass is 31.3. The first-order chi connectivity index (χ1) is 14.4. The van der Waals surface area contributed by atoms with Gasteiger partial charge in [0.2, 0.25) is 5.82 Å². The van der Waals surface area contributed by atoms with Crippen LogP contribution in [0, 0.1) is 22.6 Å². The Morgan fingerprint density at radius 2 is 1.84 bits per heavy atom. The van der Waals surface area contributed by atoms with Crippen LogP contribution in [0.25, 0.3) is 0 Å². The Labute approximate surface area is 176 Å². The highest BCUT2D eigenvalue weighted by molar-refractivity contribution is 7.66. The third kappa shape index (κ3) is 6.06. The van der Waals surface area contributed by atoms with E-state index in [2.05, 4.69) is 13.1 Å². The first-order valence-electron chi connectivity index (χ1n) is 7.95. The van der Waals surface area contributed by atoms with Gasteiger partial charge in [0.05, 0.1) is 18.9 Å². The van der Waals surface area contributed by atoms with Crippen LogP contribution in [0.4, 0.5) is 4.39 Å². The molecule has 1 fully saturated rings. The fourth-order valence-electron chi connectivity index (χ4n) is 2.63. The maximum absolute atomic E-state index is 13.6. The second-order valence-corrected chi connectivity index (χ2v) is 10.8. The normalized spacial score (nSPS) is 29.8. The van der Waals surface area contributed by atoms with E-state index in [1.807, 2.05) is 0 Å². The Kier molecular flexibility index (Phi) is 7.50. The van der Waals surface area contributed by atoms with Gasteiger partial charge in [-0.25, -0.2) is 18.5 Å². The van der Waals surface area contributed by atoms with Gasteiger partial charge in [-0.3, -0.25) is 18.9 Å². The quantitative estimate of drug-likeness (QED) is 0.218. The Morgan fingerprint density at radius 3 is 2.38 bits per heavy atom. The zero-order valence-electron chi connectivity index (χ0n) is 15.5. The van der Waals surface area contributed by atoms with Gasteiger partial charge in [-0.05, 0) is 6.92 Å². The average Bonchev–Trinajstić information content (AvgIpc) is 2.85. The number of hydrogen-bond acceptors (Lipinski definition) is 11. The molecule has 0 radical (unpaired) electrons. The van der Waals surface area contributed by atoms with Gasteiger partial charge in [0.25, 0.3) is 5.56 Å². The third-order valence-electron chi connectivity index (χ3n) is 4.02. The number of aromatic amines is 1. The summed E-state index contributed by atoms with van der Waals surface area (Å²) >= 11 is 0. The largest absolute Gasteiger partial charge is 0.490 e. The molecule has 0 aliphatic carbocycles. The zero-order valence-corrected chi connectivity index (χ0v) is 18.2. The molecule has 0 bridgehead atoms. The van der Waals surface area contributed by atoms with Gasteiger partial charge in [0, 0.05) is 0 Å². The molecule has 2 unspecified atom stereocenters. The van der Waals surface area contributed by atoms with Crippen LogP contribution in [0.15, 0.2) is 15.8 Å². The van der Waals surface area contributed by atoms with Crippen LogP contribution in [-0.2, 0) is 31.6 Å². The van der Waals surface area contributed by atoms with Crippen molar-refractivity contribution in [3.05, 3.63) is 32.9 Å². The van der Waals surface area contributed by atoms with E-state index in [0.29, 0.717) is 10.8 Å². The lowest BCUT2D eigenvalue weighted by Gasteiger charge is -2.25. The fourth-order valence-corrected chi connectivity index (χ4v) is 5.66. The molecule has 6 atom stereocenters. The van der Waals surface area contributed by atoms with Crippen molar-refractivity contribution in [1.82, 2.24) is 9.55 Å². The molecule has 0 aromatic carbocycles. The summed E-state index contributed by atoms with van der Waals surface area (Å²) in [7, 11) is -17.0. The first kappa shape index (κ1) is 26.7. The molecule has 180 valence electrons. The highest BCUT2D eigenvalue weighted by Crippen LogP contribution is 2.66. The number of aliphatic hydroxyl groups excluding tert-OH is 1. The molecule has 0 amide bonds. The lowest BCUT2D eigenvalue weighted by atomic mass is 9.84. The number of hydrogen-bond donors (Lipinski definition) is 6. The van der Waals surface area contributed by atoms with E-state index >= 15 is 0 Å². The van der Waals surface area contributed by atoms with Crippen molar-refractivity contribution in [2.75, 3.05) is 6.61 Å². The first-order valence-corrected chi connectivity index (χ1v) is 12.5. The Morgan fingerprint density at radius 1 is 1.25 bits per heavy atom.